The van der Waals surface area contributed by atoms with E-state index in [4.69, 9.17) is 0 Å². The Bertz CT molecular complexity index is 2180. The molecule has 1 aliphatic rings. The van der Waals surface area contributed by atoms with Gasteiger partial charge in [-0.05, 0) is 60.4 Å². The molecule has 3 aromatic heterocycles. The largest absolute Gasteiger partial charge is 0.302 e. The van der Waals surface area contributed by atoms with Gasteiger partial charge in [0, 0.05) is 37.7 Å². The van der Waals surface area contributed by atoms with Crippen molar-refractivity contribution in [1.82, 2.24) is 8.75 Å². The van der Waals surface area contributed by atoms with Gasteiger partial charge in [-0.1, -0.05) is 62.4 Å². The second-order valence-corrected chi connectivity index (χ2v) is 13.3. The number of anilines is 3. The van der Waals surface area contributed by atoms with Gasteiger partial charge in [0.2, 0.25) is 0 Å². The number of fused-ring (bicyclic) bond motifs is 4. The maximum Gasteiger partial charge on any atom is 0.148 e. The summed E-state index contributed by atoms with van der Waals surface area (Å²) in [5.74, 6) is 0. The van der Waals surface area contributed by atoms with Crippen LogP contribution in [0.15, 0.2) is 90.5 Å². The molecule has 9 heteroatoms. The molecule has 0 amide bonds. The number of hydrogen-bond acceptors (Lipinski definition) is 9. The average Bonchev–Trinajstić information content (AvgIpc) is 3.88. The third-order valence-corrected chi connectivity index (χ3v) is 11.7. The van der Waals surface area contributed by atoms with Crippen LogP contribution in [0.3, 0.4) is 0 Å². The van der Waals surface area contributed by atoms with E-state index in [1.165, 1.54) is 25.9 Å². The predicted octanol–water partition coefficient (Wildman–Crippen LogP) is 10.4. The molecule has 6 nitrogen and oxygen atoms in total. The van der Waals surface area contributed by atoms with E-state index in [0.717, 1.165) is 46.4 Å². The molecule has 0 atom stereocenters. The summed E-state index contributed by atoms with van der Waals surface area (Å²) >= 11 is 4.67. The second-order valence-electron chi connectivity index (χ2n) is 10.7. The number of nitrogens with zero attached hydrogens (tertiary/aromatic N) is 6. The Labute approximate surface area is 273 Å². The first-order valence-corrected chi connectivity index (χ1v) is 16.8. The van der Waals surface area contributed by atoms with Gasteiger partial charge in [0.15, 0.2) is 0 Å². The minimum atomic E-state index is -0.230. The fourth-order valence-corrected chi connectivity index (χ4v) is 9.75. The first-order valence-electron chi connectivity index (χ1n) is 14.5. The van der Waals surface area contributed by atoms with Gasteiger partial charge in [-0.15, -0.1) is 22.7 Å². The molecule has 3 heterocycles. The molecule has 0 unspecified atom stereocenters. The minimum Gasteiger partial charge on any atom is -0.302 e. The Hall–Kier alpha value is -5.11. The number of rotatable bonds is 7. The Kier molecular flexibility index (Phi) is 7.28. The lowest BCUT2D eigenvalue weighted by molar-refractivity contribution is 0.492. The van der Waals surface area contributed by atoms with E-state index in [1.807, 2.05) is 47.7 Å². The second kappa shape index (κ2) is 11.4. The maximum atomic E-state index is 9.81. The summed E-state index contributed by atoms with van der Waals surface area (Å²) in [4.78, 5) is 6.02. The highest BCUT2D eigenvalue weighted by Crippen LogP contribution is 2.61. The molecule has 0 bridgehead atoms. The fraction of sp³-hybridized carbons (Fsp3) is 0.139. The summed E-state index contributed by atoms with van der Waals surface area (Å²) < 4.78 is 9.11. The van der Waals surface area contributed by atoms with Crippen LogP contribution in [-0.4, -0.2) is 8.75 Å². The van der Waals surface area contributed by atoms with Gasteiger partial charge in [-0.2, -0.15) is 24.5 Å². The van der Waals surface area contributed by atoms with Crippen LogP contribution in [0.25, 0.3) is 36.8 Å². The van der Waals surface area contributed by atoms with Crippen molar-refractivity contribution in [3.8, 4) is 38.4 Å². The smallest absolute Gasteiger partial charge is 0.148 e. The highest BCUT2D eigenvalue weighted by molar-refractivity contribution is 7.26. The molecular weight excluding hydrogens is 613 g/mol. The van der Waals surface area contributed by atoms with Gasteiger partial charge in [0.25, 0.3) is 0 Å². The van der Waals surface area contributed by atoms with Gasteiger partial charge in [0.05, 0.1) is 22.2 Å². The molecule has 0 aliphatic heterocycles. The van der Waals surface area contributed by atoms with Crippen molar-refractivity contribution in [2.45, 2.75) is 32.1 Å². The summed E-state index contributed by atoms with van der Waals surface area (Å²) in [5.41, 5.74) is 7.24. The molecule has 7 rings (SSSR count). The molecule has 1 aliphatic carbocycles. The van der Waals surface area contributed by atoms with Gasteiger partial charge < -0.3 is 4.90 Å². The molecule has 0 saturated heterocycles. The van der Waals surface area contributed by atoms with E-state index < -0.39 is 0 Å². The predicted molar refractivity (Wildman–Crippen MR) is 184 cm³/mol. The molecule has 0 N–H and O–H groups in total. The van der Waals surface area contributed by atoms with Crippen molar-refractivity contribution in [3.63, 3.8) is 0 Å². The van der Waals surface area contributed by atoms with Crippen LogP contribution < -0.4 is 4.90 Å². The lowest BCUT2D eigenvalue weighted by Gasteiger charge is -2.28. The lowest BCUT2D eigenvalue weighted by atomic mass is 9.75. The van der Waals surface area contributed by atoms with E-state index in [2.05, 4.69) is 88.2 Å². The first kappa shape index (κ1) is 28.6. The Balaban J connectivity index is 1.39. The fourth-order valence-electron chi connectivity index (χ4n) is 6.43. The standard InChI is InChI=1S/C36H24N6S3/c1-3-36(4-2)28-17-30(26-16-15-25(32-33(26)41-45-40-32)27(21-39)22(19-37)20-38)43-34(28)35-29(36)18-31(44-35)42(23-11-7-5-8-12-23)24-13-9-6-10-14-24/h5-18H,3-4H2,1-2H3. The van der Waals surface area contributed by atoms with Crippen molar-refractivity contribution >= 4 is 67.4 Å². The number of allylic oxidation sites excluding steroid dienone is 2. The van der Waals surface area contributed by atoms with Crippen LogP contribution in [0.1, 0.15) is 43.4 Å². The van der Waals surface area contributed by atoms with Gasteiger partial charge >= 0.3 is 0 Å². The van der Waals surface area contributed by atoms with Crippen molar-refractivity contribution in [1.29, 1.82) is 15.8 Å². The van der Waals surface area contributed by atoms with E-state index in [9.17, 15) is 15.8 Å². The van der Waals surface area contributed by atoms with E-state index in [1.54, 1.807) is 17.4 Å². The Morgan fingerprint density at radius 1 is 0.733 bits per heavy atom. The minimum absolute atomic E-state index is 0.0195. The van der Waals surface area contributed by atoms with Crippen molar-refractivity contribution in [2.24, 2.45) is 0 Å². The Morgan fingerprint density at radius 3 is 1.93 bits per heavy atom. The highest BCUT2D eigenvalue weighted by atomic mass is 32.1. The van der Waals surface area contributed by atoms with Gasteiger partial charge in [0.1, 0.15) is 39.8 Å². The SMILES string of the molecule is CCC1(CC)c2cc(-c3ccc(C(C#N)=C(C#N)C#N)c4nsnc34)sc2-c2sc(N(c3ccccc3)c3ccccc3)cc21. The van der Waals surface area contributed by atoms with Crippen molar-refractivity contribution in [3.05, 3.63) is 107 Å². The first-order chi connectivity index (χ1) is 22.1. The number of para-hydroxylation sites is 2. The van der Waals surface area contributed by atoms with Crippen LogP contribution in [0.2, 0.25) is 0 Å². The summed E-state index contributed by atoms with van der Waals surface area (Å²) in [6, 6.07) is 35.2. The summed E-state index contributed by atoms with van der Waals surface area (Å²) in [6.45, 7) is 4.55. The number of nitriles is 3. The molecular formula is C36H24N6S3. The topological polar surface area (TPSA) is 100 Å². The lowest BCUT2D eigenvalue weighted by Crippen LogP contribution is -2.22. The average molecular weight is 637 g/mol. The van der Waals surface area contributed by atoms with Crippen molar-refractivity contribution in [2.75, 3.05) is 4.90 Å². The molecule has 45 heavy (non-hydrogen) atoms. The third kappa shape index (κ3) is 4.38. The number of aromatic nitrogens is 2. The summed E-state index contributed by atoms with van der Waals surface area (Å²) in [7, 11) is 0. The van der Waals surface area contributed by atoms with Crippen LogP contribution in [0.5, 0.6) is 0 Å². The van der Waals surface area contributed by atoms with Gasteiger partial charge in [-0.3, -0.25) is 0 Å². The summed E-state index contributed by atoms with van der Waals surface area (Å²) in [5, 5.41) is 29.9. The maximum absolute atomic E-state index is 9.81. The Morgan fingerprint density at radius 2 is 1.33 bits per heavy atom. The zero-order valence-corrected chi connectivity index (χ0v) is 26.9. The number of hydrogen-bond donors (Lipinski definition) is 0. The van der Waals surface area contributed by atoms with Crippen molar-refractivity contribution < 1.29 is 0 Å². The zero-order chi connectivity index (χ0) is 31.1. The third-order valence-electron chi connectivity index (χ3n) is 8.68. The van der Waals surface area contributed by atoms with Crippen LogP contribution >= 0.6 is 34.4 Å². The normalized spacial score (nSPS) is 12.5. The van der Waals surface area contributed by atoms with Crippen LogP contribution in [0, 0.1) is 34.0 Å². The summed E-state index contributed by atoms with van der Waals surface area (Å²) in [6.07, 6.45) is 1.95. The molecule has 0 radical (unpaired) electrons. The molecule has 216 valence electrons. The molecule has 6 aromatic rings. The molecule has 0 spiro atoms. The highest BCUT2D eigenvalue weighted by Gasteiger charge is 2.44. The zero-order valence-electron chi connectivity index (χ0n) is 24.4. The van der Waals surface area contributed by atoms with Crippen LogP contribution in [0.4, 0.5) is 16.4 Å². The molecule has 0 saturated carbocycles. The van der Waals surface area contributed by atoms with Gasteiger partial charge in [-0.25, -0.2) is 0 Å². The number of thiophene rings is 2. The monoisotopic (exact) mass is 636 g/mol. The molecule has 0 fully saturated rings. The van der Waals surface area contributed by atoms with E-state index in [-0.39, 0.29) is 16.6 Å². The van der Waals surface area contributed by atoms with E-state index >= 15 is 0 Å². The van der Waals surface area contributed by atoms with Crippen LogP contribution in [-0.2, 0) is 5.41 Å². The molecule has 3 aromatic carbocycles. The van der Waals surface area contributed by atoms with E-state index in [0.29, 0.717) is 16.6 Å². The number of benzene rings is 3. The quantitative estimate of drug-likeness (QED) is 0.162.